The topological polar surface area (TPSA) is 37.3 Å². The lowest BCUT2D eigenvalue weighted by atomic mass is 10.1. The first kappa shape index (κ1) is 11.1. The van der Waals surface area contributed by atoms with E-state index < -0.39 is 11.9 Å². The molecule has 4 heteroatoms. The monoisotopic (exact) mass is 216 g/mol. The number of aliphatic hydroxyl groups excluding tert-OH is 1. The molecule has 1 atom stereocenters. The molecular weight excluding hydrogens is 207 g/mol. The van der Waals surface area contributed by atoms with Crippen LogP contribution in [0.5, 0.6) is 0 Å². The summed E-state index contributed by atoms with van der Waals surface area (Å²) in [5.41, 5.74) is 0.512. The minimum atomic E-state index is -1.02. The van der Waals surface area contributed by atoms with Gasteiger partial charge in [-0.2, -0.15) is 0 Å². The Kier molecular flexibility index (Phi) is 3.61. The molecule has 1 unspecified atom stereocenters. The van der Waals surface area contributed by atoms with E-state index in [1.54, 1.807) is 6.07 Å². The zero-order chi connectivity index (χ0) is 10.7. The van der Waals surface area contributed by atoms with Crippen LogP contribution in [0, 0.1) is 5.82 Å². The Hall–Kier alpha value is -0.930. The van der Waals surface area contributed by atoms with Gasteiger partial charge in [0.25, 0.3) is 0 Å². The van der Waals surface area contributed by atoms with Gasteiger partial charge < -0.3 is 5.11 Å². The minimum Gasteiger partial charge on any atom is -0.386 e. The van der Waals surface area contributed by atoms with E-state index in [1.165, 1.54) is 19.1 Å². The zero-order valence-electron chi connectivity index (χ0n) is 7.63. The normalized spacial score (nSPS) is 12.6. The van der Waals surface area contributed by atoms with E-state index >= 15 is 0 Å². The van der Waals surface area contributed by atoms with Crippen LogP contribution in [-0.2, 0) is 11.2 Å². The standard InChI is InChI=1S/C10H10ClFO2/c1-6(13)10(14)5-7-2-3-8(11)9(12)4-7/h2-4,6,13H,5H2,1H3. The number of aliphatic hydroxyl groups is 1. The third-order valence-corrected chi connectivity index (χ3v) is 2.13. The quantitative estimate of drug-likeness (QED) is 0.839. The van der Waals surface area contributed by atoms with Gasteiger partial charge in [0.05, 0.1) is 5.02 Å². The van der Waals surface area contributed by atoms with Crippen molar-refractivity contribution < 1.29 is 14.3 Å². The number of hydrogen-bond donors (Lipinski definition) is 1. The molecular formula is C10H10ClFO2. The molecule has 0 radical (unpaired) electrons. The second kappa shape index (κ2) is 4.53. The van der Waals surface area contributed by atoms with E-state index in [1.807, 2.05) is 0 Å². The first-order valence-electron chi connectivity index (χ1n) is 4.15. The van der Waals surface area contributed by atoms with E-state index in [-0.39, 0.29) is 17.2 Å². The van der Waals surface area contributed by atoms with Gasteiger partial charge in [-0.1, -0.05) is 17.7 Å². The van der Waals surface area contributed by atoms with Crippen LogP contribution in [0.4, 0.5) is 4.39 Å². The average molecular weight is 217 g/mol. The van der Waals surface area contributed by atoms with Gasteiger partial charge in [-0.25, -0.2) is 4.39 Å². The van der Waals surface area contributed by atoms with Crippen LogP contribution in [0.25, 0.3) is 0 Å². The van der Waals surface area contributed by atoms with E-state index in [0.29, 0.717) is 5.56 Å². The predicted molar refractivity (Wildman–Crippen MR) is 51.8 cm³/mol. The smallest absolute Gasteiger partial charge is 0.165 e. The molecule has 0 saturated heterocycles. The largest absolute Gasteiger partial charge is 0.386 e. The molecule has 0 fully saturated rings. The van der Waals surface area contributed by atoms with E-state index in [2.05, 4.69) is 0 Å². The number of carbonyl (C=O) groups excluding carboxylic acids is 1. The van der Waals surface area contributed by atoms with Crippen LogP contribution in [-0.4, -0.2) is 17.0 Å². The zero-order valence-corrected chi connectivity index (χ0v) is 8.38. The maximum absolute atomic E-state index is 12.9. The number of halogens is 2. The van der Waals surface area contributed by atoms with Crippen molar-refractivity contribution in [1.82, 2.24) is 0 Å². The van der Waals surface area contributed by atoms with Crippen LogP contribution in [0.2, 0.25) is 5.02 Å². The van der Waals surface area contributed by atoms with Gasteiger partial charge in [-0.05, 0) is 24.6 Å². The van der Waals surface area contributed by atoms with Crippen molar-refractivity contribution in [2.75, 3.05) is 0 Å². The molecule has 0 amide bonds. The highest BCUT2D eigenvalue weighted by molar-refractivity contribution is 6.30. The molecule has 2 nitrogen and oxygen atoms in total. The first-order chi connectivity index (χ1) is 6.50. The molecule has 76 valence electrons. The molecule has 1 aromatic rings. The Balaban J connectivity index is 2.78. The minimum absolute atomic E-state index is 0.0196. The third kappa shape index (κ3) is 2.79. The molecule has 0 bridgehead atoms. The Bertz CT molecular complexity index is 350. The van der Waals surface area contributed by atoms with Crippen molar-refractivity contribution in [3.63, 3.8) is 0 Å². The molecule has 14 heavy (non-hydrogen) atoms. The summed E-state index contributed by atoms with van der Waals surface area (Å²) >= 11 is 5.47. The Morgan fingerprint density at radius 2 is 2.29 bits per heavy atom. The number of hydrogen-bond acceptors (Lipinski definition) is 2. The molecule has 1 aromatic carbocycles. The fourth-order valence-corrected chi connectivity index (χ4v) is 1.12. The highest BCUT2D eigenvalue weighted by Crippen LogP contribution is 2.16. The number of Topliss-reactive ketones (excluding diaryl/α,β-unsaturated/α-hetero) is 1. The van der Waals surface area contributed by atoms with E-state index in [4.69, 9.17) is 16.7 Å². The second-order valence-electron chi connectivity index (χ2n) is 3.07. The second-order valence-corrected chi connectivity index (χ2v) is 3.47. The summed E-state index contributed by atoms with van der Waals surface area (Å²) in [5, 5.41) is 8.96. The first-order valence-corrected chi connectivity index (χ1v) is 4.53. The summed E-state index contributed by atoms with van der Waals surface area (Å²) in [6.07, 6.45) is -1.00. The Labute approximate surface area is 86.3 Å². The molecule has 0 aliphatic heterocycles. The van der Waals surface area contributed by atoms with Gasteiger partial charge in [0.1, 0.15) is 11.9 Å². The fraction of sp³-hybridized carbons (Fsp3) is 0.300. The fourth-order valence-electron chi connectivity index (χ4n) is 0.998. The van der Waals surface area contributed by atoms with Gasteiger partial charge in [0.15, 0.2) is 5.78 Å². The number of rotatable bonds is 3. The summed E-state index contributed by atoms with van der Waals surface area (Å²) in [6.45, 7) is 1.38. The van der Waals surface area contributed by atoms with Crippen LogP contribution in [0.1, 0.15) is 12.5 Å². The van der Waals surface area contributed by atoms with Crippen molar-refractivity contribution in [3.05, 3.63) is 34.6 Å². The number of benzene rings is 1. The van der Waals surface area contributed by atoms with Crippen molar-refractivity contribution in [2.24, 2.45) is 0 Å². The summed E-state index contributed by atoms with van der Waals surface area (Å²) in [4.78, 5) is 11.1. The van der Waals surface area contributed by atoms with E-state index in [0.717, 1.165) is 0 Å². The Morgan fingerprint density at radius 3 is 2.79 bits per heavy atom. The molecule has 0 heterocycles. The molecule has 0 aromatic heterocycles. The van der Waals surface area contributed by atoms with Gasteiger partial charge >= 0.3 is 0 Å². The Morgan fingerprint density at radius 1 is 1.64 bits per heavy atom. The van der Waals surface area contributed by atoms with Crippen molar-refractivity contribution in [2.45, 2.75) is 19.4 Å². The highest BCUT2D eigenvalue weighted by atomic mass is 35.5. The van der Waals surface area contributed by atoms with Crippen molar-refractivity contribution in [3.8, 4) is 0 Å². The molecule has 0 aliphatic rings. The summed E-state index contributed by atoms with van der Waals surface area (Å²) < 4.78 is 12.9. The maximum atomic E-state index is 12.9. The summed E-state index contributed by atoms with van der Waals surface area (Å²) in [5.74, 6) is -0.894. The van der Waals surface area contributed by atoms with Crippen LogP contribution in [0.15, 0.2) is 18.2 Å². The van der Waals surface area contributed by atoms with Crippen molar-refractivity contribution >= 4 is 17.4 Å². The van der Waals surface area contributed by atoms with Gasteiger partial charge in [-0.15, -0.1) is 0 Å². The van der Waals surface area contributed by atoms with Crippen LogP contribution in [0.3, 0.4) is 0 Å². The average Bonchev–Trinajstić information content (AvgIpc) is 2.11. The third-order valence-electron chi connectivity index (χ3n) is 1.83. The van der Waals surface area contributed by atoms with Gasteiger partial charge in [0.2, 0.25) is 0 Å². The summed E-state index contributed by atoms with van der Waals surface area (Å²) in [7, 11) is 0. The van der Waals surface area contributed by atoms with Crippen LogP contribution >= 0.6 is 11.6 Å². The number of carbonyl (C=O) groups is 1. The SMILES string of the molecule is CC(O)C(=O)Cc1ccc(Cl)c(F)c1. The lowest BCUT2D eigenvalue weighted by Gasteiger charge is -2.04. The van der Waals surface area contributed by atoms with Gasteiger partial charge in [0, 0.05) is 6.42 Å². The maximum Gasteiger partial charge on any atom is 0.165 e. The highest BCUT2D eigenvalue weighted by Gasteiger charge is 2.10. The molecule has 1 N–H and O–H groups in total. The van der Waals surface area contributed by atoms with E-state index in [9.17, 15) is 9.18 Å². The lowest BCUT2D eigenvalue weighted by Crippen LogP contribution is -2.18. The molecule has 0 aliphatic carbocycles. The molecule has 1 rings (SSSR count). The predicted octanol–water partition coefficient (Wildman–Crippen LogP) is 1.97. The number of ketones is 1. The summed E-state index contributed by atoms with van der Waals surface area (Å²) in [6, 6.07) is 4.15. The molecule has 0 spiro atoms. The lowest BCUT2D eigenvalue weighted by molar-refractivity contribution is -0.125. The molecule has 0 saturated carbocycles. The van der Waals surface area contributed by atoms with Gasteiger partial charge in [-0.3, -0.25) is 4.79 Å². The van der Waals surface area contributed by atoms with Crippen LogP contribution < -0.4 is 0 Å². The van der Waals surface area contributed by atoms with Crippen molar-refractivity contribution in [1.29, 1.82) is 0 Å².